The van der Waals surface area contributed by atoms with Crippen LogP contribution in [0.5, 0.6) is 0 Å². The number of aryl methyl sites for hydroxylation is 1. The molecule has 0 bridgehead atoms. The highest BCUT2D eigenvalue weighted by Gasteiger charge is 2.40. The van der Waals surface area contributed by atoms with E-state index in [4.69, 9.17) is 28.3 Å². The van der Waals surface area contributed by atoms with Gasteiger partial charge in [0.2, 0.25) is 23.6 Å². The second-order valence-corrected chi connectivity index (χ2v) is 13.9. The van der Waals surface area contributed by atoms with Crippen molar-refractivity contribution >= 4 is 75.9 Å². The largest absolute Gasteiger partial charge is 0.480 e. The van der Waals surface area contributed by atoms with Gasteiger partial charge in [-0.1, -0.05) is 35.3 Å². The molecular formula is C33H40Cl2N6O6S. The molecule has 2 heterocycles. The molecule has 0 radical (unpaired) electrons. The number of thioether (sulfide) groups is 1. The SMILES string of the molecule is O=C(O)CNC(=O)CNC(=O)CNC(=O)CCCCc1cc(Cl)c(CN2CSC[C@H]2C(=O)N2CCN(C3CC3)c3ccccc32)cc1Cl. The van der Waals surface area contributed by atoms with E-state index in [1.54, 1.807) is 11.8 Å². The Balaban J connectivity index is 1.06. The van der Waals surface area contributed by atoms with Crippen LogP contribution in [0.1, 0.15) is 43.2 Å². The van der Waals surface area contributed by atoms with Crippen LogP contribution >= 0.6 is 35.0 Å². The summed E-state index contributed by atoms with van der Waals surface area (Å²) in [6.45, 7) is 0.816. The molecule has 3 aliphatic rings. The number of anilines is 2. The van der Waals surface area contributed by atoms with E-state index in [2.05, 4.69) is 31.8 Å². The summed E-state index contributed by atoms with van der Waals surface area (Å²) in [7, 11) is 0. The van der Waals surface area contributed by atoms with Gasteiger partial charge < -0.3 is 30.9 Å². The van der Waals surface area contributed by atoms with Gasteiger partial charge in [-0.2, -0.15) is 0 Å². The third-order valence-corrected chi connectivity index (χ3v) is 10.3. The fraction of sp³-hybridized carbons (Fsp3) is 0.485. The van der Waals surface area contributed by atoms with Gasteiger partial charge in [0.15, 0.2) is 0 Å². The number of benzene rings is 2. The lowest BCUT2D eigenvalue weighted by Gasteiger charge is -2.39. The number of fused-ring (bicyclic) bond motifs is 1. The number of carboxylic acid groups (broad SMARTS) is 1. The Morgan fingerprint density at radius 1 is 0.833 bits per heavy atom. The number of amides is 4. The quantitative estimate of drug-likeness (QED) is 0.204. The zero-order valence-corrected chi connectivity index (χ0v) is 28.8. The number of carbonyl (C=O) groups is 5. The number of unbranched alkanes of at least 4 members (excludes halogenated alkanes) is 1. The number of para-hydroxylation sites is 2. The van der Waals surface area contributed by atoms with Crippen molar-refractivity contribution in [3.05, 3.63) is 57.6 Å². The van der Waals surface area contributed by atoms with Gasteiger partial charge >= 0.3 is 5.97 Å². The molecule has 1 atom stereocenters. The highest BCUT2D eigenvalue weighted by Crippen LogP contribution is 2.41. The molecule has 0 spiro atoms. The minimum absolute atomic E-state index is 0.117. The lowest BCUT2D eigenvalue weighted by atomic mass is 10.0. The Kier molecular flexibility index (Phi) is 12.5. The molecule has 2 aromatic carbocycles. The van der Waals surface area contributed by atoms with Gasteiger partial charge in [0.25, 0.3) is 0 Å². The summed E-state index contributed by atoms with van der Waals surface area (Å²) in [4.78, 5) is 66.4. The van der Waals surface area contributed by atoms with Gasteiger partial charge in [0, 0.05) is 53.8 Å². The fourth-order valence-electron chi connectivity index (χ4n) is 5.93. The first-order valence-corrected chi connectivity index (χ1v) is 18.0. The normalized spacial score (nSPS) is 17.5. The van der Waals surface area contributed by atoms with E-state index >= 15 is 0 Å². The maximum absolute atomic E-state index is 13.9. The van der Waals surface area contributed by atoms with Gasteiger partial charge in [0.1, 0.15) is 6.54 Å². The fourth-order valence-corrected chi connectivity index (χ4v) is 7.64. The molecule has 2 aromatic rings. The van der Waals surface area contributed by atoms with Crippen molar-refractivity contribution in [3.63, 3.8) is 0 Å². The van der Waals surface area contributed by atoms with Gasteiger partial charge in [-0.15, -0.1) is 11.8 Å². The zero-order chi connectivity index (χ0) is 34.2. The third kappa shape index (κ3) is 9.55. The standard InChI is InChI=1S/C33H40Cl2N6O6S/c34-24-14-22(25(35)13-21(24)5-1-4-8-29(42)36-15-30(43)37-16-31(44)38-17-32(45)46)18-39-20-48-19-28(39)33(47)41-12-11-40(23-9-10-23)26-6-2-3-7-27(26)41/h2-3,6-7,13-14,23,28H,1,4-5,8-12,15-20H2,(H,36,42)(H,37,43)(H,38,44)(H,45,46)/t28-/m0/s1. The Labute approximate surface area is 293 Å². The lowest BCUT2D eigenvalue weighted by Crippen LogP contribution is -2.52. The highest BCUT2D eigenvalue weighted by molar-refractivity contribution is 7.99. The van der Waals surface area contributed by atoms with Crippen molar-refractivity contribution in [2.75, 3.05) is 54.2 Å². The molecule has 4 N–H and O–H groups in total. The van der Waals surface area contributed by atoms with Crippen molar-refractivity contribution < 1.29 is 29.1 Å². The van der Waals surface area contributed by atoms with E-state index < -0.39 is 24.3 Å². The van der Waals surface area contributed by atoms with Crippen LogP contribution in [0.4, 0.5) is 11.4 Å². The second kappa shape index (κ2) is 16.7. The molecule has 1 saturated heterocycles. The van der Waals surface area contributed by atoms with E-state index in [0.717, 1.165) is 40.7 Å². The van der Waals surface area contributed by atoms with Crippen molar-refractivity contribution in [1.29, 1.82) is 0 Å². The number of aliphatic carboxylic acids is 1. The number of carboxylic acids is 1. The topological polar surface area (TPSA) is 151 Å². The molecule has 258 valence electrons. The molecule has 2 aliphatic heterocycles. The Bertz CT molecular complexity index is 1540. The van der Waals surface area contributed by atoms with E-state index in [9.17, 15) is 24.0 Å². The molecule has 1 saturated carbocycles. The Morgan fingerprint density at radius 3 is 2.19 bits per heavy atom. The van der Waals surface area contributed by atoms with Crippen molar-refractivity contribution in [2.24, 2.45) is 0 Å². The molecule has 1 aliphatic carbocycles. The first-order chi connectivity index (χ1) is 23.1. The number of nitrogens with one attached hydrogen (secondary N) is 3. The maximum Gasteiger partial charge on any atom is 0.322 e. The predicted octanol–water partition coefficient (Wildman–Crippen LogP) is 3.03. The number of halogens is 2. The summed E-state index contributed by atoms with van der Waals surface area (Å²) in [5.74, 6) is -1.14. The lowest BCUT2D eigenvalue weighted by molar-refractivity contribution is -0.137. The molecule has 15 heteroatoms. The molecule has 0 unspecified atom stereocenters. The summed E-state index contributed by atoms with van der Waals surface area (Å²) < 4.78 is 0. The van der Waals surface area contributed by atoms with Crippen LogP contribution < -0.4 is 25.8 Å². The molecule has 48 heavy (non-hydrogen) atoms. The average Bonchev–Trinajstić information content (AvgIpc) is 3.82. The average molecular weight is 720 g/mol. The number of hydrogen-bond acceptors (Lipinski definition) is 8. The smallest absolute Gasteiger partial charge is 0.322 e. The second-order valence-electron chi connectivity index (χ2n) is 12.1. The zero-order valence-electron chi connectivity index (χ0n) is 26.5. The van der Waals surface area contributed by atoms with Crippen molar-refractivity contribution in [2.45, 2.75) is 57.2 Å². The Morgan fingerprint density at radius 2 is 1.48 bits per heavy atom. The van der Waals surface area contributed by atoms with Gasteiger partial charge in [-0.25, -0.2) is 0 Å². The number of carbonyl (C=O) groups excluding carboxylic acids is 4. The number of hydrogen-bond donors (Lipinski definition) is 4. The molecular weight excluding hydrogens is 679 g/mol. The number of rotatable bonds is 15. The summed E-state index contributed by atoms with van der Waals surface area (Å²) in [6, 6.07) is 12.3. The minimum atomic E-state index is -1.19. The Hall–Kier alpha value is -3.52. The first kappa shape index (κ1) is 35.8. The van der Waals surface area contributed by atoms with Crippen LogP contribution in [0.3, 0.4) is 0 Å². The van der Waals surface area contributed by atoms with Crippen molar-refractivity contribution in [1.82, 2.24) is 20.9 Å². The summed E-state index contributed by atoms with van der Waals surface area (Å²) in [6.07, 6.45) is 4.48. The monoisotopic (exact) mass is 718 g/mol. The third-order valence-electron chi connectivity index (χ3n) is 8.58. The van der Waals surface area contributed by atoms with Crippen LogP contribution in [-0.4, -0.2) is 96.0 Å². The van der Waals surface area contributed by atoms with Gasteiger partial charge in [-0.3, -0.25) is 28.9 Å². The maximum atomic E-state index is 13.9. The molecule has 4 amide bonds. The van der Waals surface area contributed by atoms with Gasteiger partial charge in [-0.05, 0) is 67.5 Å². The highest BCUT2D eigenvalue weighted by atomic mass is 35.5. The minimum Gasteiger partial charge on any atom is -0.480 e. The van der Waals surface area contributed by atoms with Crippen molar-refractivity contribution in [3.8, 4) is 0 Å². The molecule has 5 rings (SSSR count). The summed E-state index contributed by atoms with van der Waals surface area (Å²) >= 11 is 15.2. The molecule has 0 aromatic heterocycles. The van der Waals surface area contributed by atoms with Gasteiger partial charge in [0.05, 0.1) is 30.5 Å². The predicted molar refractivity (Wildman–Crippen MR) is 187 cm³/mol. The summed E-state index contributed by atoms with van der Waals surface area (Å²) in [5.41, 5.74) is 3.87. The van der Waals surface area contributed by atoms with E-state index in [0.29, 0.717) is 48.4 Å². The van der Waals surface area contributed by atoms with Crippen LogP contribution in [0.25, 0.3) is 0 Å². The van der Waals surface area contributed by atoms with Crippen LogP contribution in [-0.2, 0) is 36.9 Å². The molecule has 2 fully saturated rings. The first-order valence-electron chi connectivity index (χ1n) is 16.1. The van der Waals surface area contributed by atoms with E-state index in [1.807, 2.05) is 35.2 Å². The van der Waals surface area contributed by atoms with E-state index in [-0.39, 0.29) is 37.4 Å². The summed E-state index contributed by atoms with van der Waals surface area (Å²) in [5, 5.41) is 16.7. The van der Waals surface area contributed by atoms with Crippen LogP contribution in [0.2, 0.25) is 10.0 Å². The number of nitrogens with zero attached hydrogens (tertiary/aromatic N) is 3. The van der Waals surface area contributed by atoms with Crippen LogP contribution in [0, 0.1) is 0 Å². The molecule has 12 nitrogen and oxygen atoms in total. The van der Waals surface area contributed by atoms with E-state index in [1.165, 1.54) is 12.8 Å². The van der Waals surface area contributed by atoms with Crippen LogP contribution in [0.15, 0.2) is 36.4 Å².